The van der Waals surface area contributed by atoms with E-state index in [2.05, 4.69) is 13.8 Å². The molecule has 2 aromatic carbocycles. The van der Waals surface area contributed by atoms with Gasteiger partial charge >= 0.3 is 12.2 Å². The molecule has 2 N–H and O–H groups in total. The average molecular weight is 771 g/mol. The van der Waals surface area contributed by atoms with E-state index in [1.807, 2.05) is 62.4 Å². The summed E-state index contributed by atoms with van der Waals surface area (Å²) in [5.74, 6) is 0.720. The molecule has 1 fully saturated rings. The summed E-state index contributed by atoms with van der Waals surface area (Å²) < 4.78 is 38.7. The highest BCUT2D eigenvalue weighted by Gasteiger charge is 2.43. The Hall–Kier alpha value is -4.36. The number of ketones is 1. The number of nitrogens with zero attached hydrogens (tertiary/aromatic N) is 1. The third-order valence-corrected chi connectivity index (χ3v) is 10.4. The molecule has 4 atom stereocenters. The highest BCUT2D eigenvalue weighted by atomic mass is 16.8. The van der Waals surface area contributed by atoms with Crippen molar-refractivity contribution in [3.63, 3.8) is 0 Å². The van der Waals surface area contributed by atoms with Crippen molar-refractivity contribution in [2.45, 2.75) is 98.8 Å². The van der Waals surface area contributed by atoms with Gasteiger partial charge in [0, 0.05) is 37.9 Å². The number of benzene rings is 2. The number of ether oxygens (including phenoxy) is 7. The number of nitrogens with two attached hydrogens (primary N) is 1. The van der Waals surface area contributed by atoms with Crippen LogP contribution in [0.25, 0.3) is 0 Å². The number of hydrogen-bond acceptors (Lipinski definition) is 11. The van der Waals surface area contributed by atoms with Gasteiger partial charge in [-0.05, 0) is 66.7 Å². The molecule has 0 radical (unpaired) electrons. The molecule has 1 aliphatic rings. The Balaban J connectivity index is 1.80. The molecule has 13 nitrogen and oxygen atoms in total. The fraction of sp³-hybridized carbons (Fsp3) is 0.619. The van der Waals surface area contributed by atoms with Crippen LogP contribution in [0.15, 0.2) is 48.5 Å². The van der Waals surface area contributed by atoms with Crippen molar-refractivity contribution in [2.75, 3.05) is 41.0 Å². The number of carbonyl (C=O) groups excluding carboxylic acids is 4. The zero-order valence-electron chi connectivity index (χ0n) is 33.9. The lowest BCUT2D eigenvalue weighted by Gasteiger charge is -2.33. The van der Waals surface area contributed by atoms with Crippen molar-refractivity contribution in [2.24, 2.45) is 34.8 Å². The summed E-state index contributed by atoms with van der Waals surface area (Å²) in [5, 5.41) is 0. The molecule has 2 amide bonds. The first-order valence-electron chi connectivity index (χ1n) is 19.2. The molecule has 0 aliphatic carbocycles. The van der Waals surface area contributed by atoms with Crippen LogP contribution in [0.5, 0.6) is 11.5 Å². The molecule has 0 aromatic heterocycles. The van der Waals surface area contributed by atoms with Gasteiger partial charge in [-0.1, -0.05) is 77.9 Å². The maximum atomic E-state index is 13.7. The Morgan fingerprint density at radius 2 is 1.62 bits per heavy atom. The summed E-state index contributed by atoms with van der Waals surface area (Å²) in [7, 11) is 3.26. The van der Waals surface area contributed by atoms with Gasteiger partial charge in [0.1, 0.15) is 19.1 Å². The maximum absolute atomic E-state index is 13.7. The van der Waals surface area contributed by atoms with Crippen molar-refractivity contribution in [3.05, 3.63) is 59.7 Å². The zero-order chi connectivity index (χ0) is 40.5. The van der Waals surface area contributed by atoms with Gasteiger partial charge in [0.05, 0.1) is 25.9 Å². The summed E-state index contributed by atoms with van der Waals surface area (Å²) in [5.41, 5.74) is 6.60. The lowest BCUT2D eigenvalue weighted by molar-refractivity contribution is -0.129. The third-order valence-electron chi connectivity index (χ3n) is 10.4. The lowest BCUT2D eigenvalue weighted by atomic mass is 9.78. The second-order valence-corrected chi connectivity index (χ2v) is 15.5. The Kier molecular flexibility index (Phi) is 18.2. The highest BCUT2D eigenvalue weighted by Crippen LogP contribution is 2.36. The van der Waals surface area contributed by atoms with Crippen molar-refractivity contribution in [3.8, 4) is 11.5 Å². The predicted octanol–water partition coefficient (Wildman–Crippen LogP) is 7.31. The van der Waals surface area contributed by atoms with Gasteiger partial charge in [-0.25, -0.2) is 9.59 Å². The summed E-state index contributed by atoms with van der Waals surface area (Å²) in [6.45, 7) is 12.1. The van der Waals surface area contributed by atoms with Crippen LogP contribution in [0.1, 0.15) is 84.8 Å². The molecule has 0 saturated carbocycles. The Bertz CT molecular complexity index is 1510. The van der Waals surface area contributed by atoms with Crippen LogP contribution in [0.4, 0.5) is 9.59 Å². The molecule has 0 unspecified atom stereocenters. The summed E-state index contributed by atoms with van der Waals surface area (Å²) in [6, 6.07) is 14.6. The molecule has 1 saturated heterocycles. The first-order valence-corrected chi connectivity index (χ1v) is 19.2. The Morgan fingerprint density at radius 3 is 2.25 bits per heavy atom. The van der Waals surface area contributed by atoms with Gasteiger partial charge in [-0.2, -0.15) is 0 Å². The van der Waals surface area contributed by atoms with Gasteiger partial charge < -0.3 is 38.9 Å². The molecule has 0 spiro atoms. The summed E-state index contributed by atoms with van der Waals surface area (Å²) in [6.07, 6.45) is 0.687. The molecule has 1 aliphatic heterocycles. The standard InChI is InChI=1S/C42H62N2O11/c1-28(2)32(21-31-15-16-36(50-8)38(22-31)51-20-12-19-49-7)23-34-37(24-33(29(3)4)35(45)17-18-42(5,6)39(43)46)53-26-44(34)40(47)54-27-55-41(48)52-25-30-13-10-9-11-14-30/h9-11,13-16,22,28-29,32-34,37H,12,17-21,23-27H2,1-8H3,(H2,43,46)/t32-,33-,34-,37-/m0/s1. The quantitative estimate of drug-likeness (QED) is 0.0685. The van der Waals surface area contributed by atoms with E-state index in [1.165, 1.54) is 4.90 Å². The van der Waals surface area contributed by atoms with Crippen LogP contribution >= 0.6 is 0 Å². The third kappa shape index (κ3) is 14.3. The zero-order valence-corrected chi connectivity index (χ0v) is 33.9. The van der Waals surface area contributed by atoms with E-state index in [4.69, 9.17) is 38.9 Å². The number of Topliss-reactive ketones (excluding diaryl/α,β-unsaturated/α-hetero) is 1. The summed E-state index contributed by atoms with van der Waals surface area (Å²) in [4.78, 5) is 53.0. The number of hydrogen-bond donors (Lipinski definition) is 1. The maximum Gasteiger partial charge on any atom is 0.511 e. The van der Waals surface area contributed by atoms with Crippen LogP contribution in [0.3, 0.4) is 0 Å². The number of amides is 2. The topological polar surface area (TPSA) is 162 Å². The van der Waals surface area contributed by atoms with Gasteiger partial charge in [0.2, 0.25) is 12.7 Å². The van der Waals surface area contributed by atoms with Gasteiger partial charge in [-0.15, -0.1) is 0 Å². The van der Waals surface area contributed by atoms with E-state index in [0.717, 1.165) is 17.5 Å². The van der Waals surface area contributed by atoms with E-state index in [1.54, 1.807) is 28.1 Å². The smallest absolute Gasteiger partial charge is 0.493 e. The van der Waals surface area contributed by atoms with E-state index in [9.17, 15) is 19.2 Å². The molecule has 306 valence electrons. The Labute approximate surface area is 326 Å². The largest absolute Gasteiger partial charge is 0.511 e. The molecule has 13 heteroatoms. The van der Waals surface area contributed by atoms with E-state index >= 15 is 0 Å². The molecule has 1 heterocycles. The number of rotatable bonds is 23. The predicted molar refractivity (Wildman–Crippen MR) is 206 cm³/mol. The number of methoxy groups -OCH3 is 2. The molecular weight excluding hydrogens is 708 g/mol. The molecular formula is C42H62N2O11. The second kappa shape index (κ2) is 22.3. The fourth-order valence-corrected chi connectivity index (χ4v) is 6.57. The van der Waals surface area contributed by atoms with Crippen LogP contribution in [-0.4, -0.2) is 81.9 Å². The van der Waals surface area contributed by atoms with Crippen LogP contribution in [0.2, 0.25) is 0 Å². The van der Waals surface area contributed by atoms with Crippen LogP contribution in [-0.2, 0) is 46.3 Å². The molecule has 2 aromatic rings. The van der Waals surface area contributed by atoms with E-state index < -0.39 is 42.5 Å². The highest BCUT2D eigenvalue weighted by molar-refractivity contribution is 5.84. The first kappa shape index (κ1) is 45.0. The van der Waals surface area contributed by atoms with Crippen LogP contribution in [0, 0.1) is 29.1 Å². The number of carbonyl (C=O) groups is 4. The van der Waals surface area contributed by atoms with Gasteiger partial charge in [0.25, 0.3) is 0 Å². The molecule has 3 rings (SSSR count). The minimum absolute atomic E-state index is 0.0132. The first-order chi connectivity index (χ1) is 26.2. The average Bonchev–Trinajstić information content (AvgIpc) is 3.55. The van der Waals surface area contributed by atoms with E-state index in [0.29, 0.717) is 50.4 Å². The van der Waals surface area contributed by atoms with Gasteiger partial charge in [0.15, 0.2) is 11.5 Å². The van der Waals surface area contributed by atoms with E-state index in [-0.39, 0.29) is 49.2 Å². The minimum Gasteiger partial charge on any atom is -0.493 e. The normalized spacial score (nSPS) is 16.8. The van der Waals surface area contributed by atoms with Crippen molar-refractivity contribution >= 4 is 23.9 Å². The minimum atomic E-state index is -0.969. The summed E-state index contributed by atoms with van der Waals surface area (Å²) >= 11 is 0. The Morgan fingerprint density at radius 1 is 0.891 bits per heavy atom. The lowest BCUT2D eigenvalue weighted by Crippen LogP contribution is -2.43. The van der Waals surface area contributed by atoms with Crippen molar-refractivity contribution in [1.82, 2.24) is 4.90 Å². The second-order valence-electron chi connectivity index (χ2n) is 15.5. The fourth-order valence-electron chi connectivity index (χ4n) is 6.57. The monoisotopic (exact) mass is 770 g/mol. The number of primary amides is 1. The molecule has 0 bridgehead atoms. The van der Waals surface area contributed by atoms with Gasteiger partial charge in [-0.3, -0.25) is 14.5 Å². The van der Waals surface area contributed by atoms with Crippen molar-refractivity contribution < 1.29 is 52.3 Å². The van der Waals surface area contributed by atoms with Crippen molar-refractivity contribution in [1.29, 1.82) is 0 Å². The SMILES string of the molecule is COCCCOc1cc(C[C@@H](C[C@H]2[C@H](C[C@H](C(=O)CCC(C)(C)C(N)=O)C(C)C)OCN2C(=O)OCOC(=O)OCc2ccccc2)C(C)C)ccc1OC. The molecule has 55 heavy (non-hydrogen) atoms. The van der Waals surface area contributed by atoms with Crippen LogP contribution < -0.4 is 15.2 Å².